The Morgan fingerprint density at radius 2 is 1.91 bits per heavy atom. The number of ether oxygens (including phenoxy) is 1. The van der Waals surface area contributed by atoms with Gasteiger partial charge in [0.15, 0.2) is 0 Å². The number of hydrogen-bond acceptors (Lipinski definition) is 5. The van der Waals surface area contributed by atoms with Gasteiger partial charge in [0.2, 0.25) is 0 Å². The van der Waals surface area contributed by atoms with Crippen molar-refractivity contribution < 1.29 is 14.8 Å². The van der Waals surface area contributed by atoms with E-state index in [-0.39, 0.29) is 24.9 Å². The maximum atomic E-state index is 10.7. The summed E-state index contributed by atoms with van der Waals surface area (Å²) in [7, 11) is 0. The first-order valence-electron chi connectivity index (χ1n) is 7.41. The van der Waals surface area contributed by atoms with E-state index in [4.69, 9.17) is 9.84 Å². The fourth-order valence-corrected chi connectivity index (χ4v) is 2.21. The monoisotopic (exact) mass is 316 g/mol. The number of nitro groups is 1. The lowest BCUT2D eigenvalue weighted by atomic mass is 10.1. The van der Waals surface area contributed by atoms with Crippen LogP contribution < -0.4 is 10.1 Å². The predicted octanol–water partition coefficient (Wildman–Crippen LogP) is 2.82. The van der Waals surface area contributed by atoms with Gasteiger partial charge in [-0.05, 0) is 18.6 Å². The fourth-order valence-electron chi connectivity index (χ4n) is 2.21. The first-order valence-corrected chi connectivity index (χ1v) is 7.41. The number of nitro benzene ring substituents is 1. The summed E-state index contributed by atoms with van der Waals surface area (Å²) in [6, 6.07) is 14.2. The molecule has 0 saturated carbocycles. The summed E-state index contributed by atoms with van der Waals surface area (Å²) in [5, 5.41) is 22.9. The molecule has 1 atom stereocenters. The van der Waals surface area contributed by atoms with Gasteiger partial charge in [-0.2, -0.15) is 0 Å². The van der Waals surface area contributed by atoms with Gasteiger partial charge in [0.25, 0.3) is 5.69 Å². The molecule has 0 fully saturated rings. The zero-order chi connectivity index (χ0) is 16.7. The number of para-hydroxylation sites is 1. The van der Waals surface area contributed by atoms with Crippen molar-refractivity contribution in [1.82, 2.24) is 5.32 Å². The van der Waals surface area contributed by atoms with Gasteiger partial charge in [0.1, 0.15) is 12.4 Å². The maximum Gasteiger partial charge on any atom is 0.269 e. The van der Waals surface area contributed by atoms with E-state index in [9.17, 15) is 10.1 Å². The van der Waals surface area contributed by atoms with Crippen molar-refractivity contribution in [2.45, 2.75) is 19.5 Å². The first kappa shape index (κ1) is 16.9. The SMILES string of the molecule is CC(NCc1ccccc1OCCO)c1ccc([N+](=O)[O-])cc1. The van der Waals surface area contributed by atoms with Gasteiger partial charge in [0, 0.05) is 30.3 Å². The van der Waals surface area contributed by atoms with E-state index in [1.807, 2.05) is 31.2 Å². The van der Waals surface area contributed by atoms with Crippen molar-refractivity contribution in [2.24, 2.45) is 0 Å². The van der Waals surface area contributed by atoms with Crippen LogP contribution in [-0.2, 0) is 6.54 Å². The van der Waals surface area contributed by atoms with E-state index in [1.54, 1.807) is 12.1 Å². The average molecular weight is 316 g/mol. The molecule has 2 rings (SSSR count). The Labute approximate surface area is 134 Å². The van der Waals surface area contributed by atoms with Crippen LogP contribution in [0.3, 0.4) is 0 Å². The van der Waals surface area contributed by atoms with Crippen molar-refractivity contribution in [3.05, 3.63) is 69.8 Å². The number of rotatable bonds is 8. The van der Waals surface area contributed by atoms with Crippen LogP contribution in [0.1, 0.15) is 24.1 Å². The molecule has 0 saturated heterocycles. The second-order valence-electron chi connectivity index (χ2n) is 5.13. The Bertz CT molecular complexity index is 643. The van der Waals surface area contributed by atoms with Gasteiger partial charge in [0.05, 0.1) is 11.5 Å². The fraction of sp³-hybridized carbons (Fsp3) is 0.294. The minimum absolute atomic E-state index is 0.0268. The highest BCUT2D eigenvalue weighted by atomic mass is 16.6. The quantitative estimate of drug-likeness (QED) is 0.578. The van der Waals surface area contributed by atoms with Gasteiger partial charge in [-0.25, -0.2) is 0 Å². The van der Waals surface area contributed by atoms with Crippen LogP contribution >= 0.6 is 0 Å². The van der Waals surface area contributed by atoms with E-state index in [2.05, 4.69) is 5.32 Å². The van der Waals surface area contributed by atoms with Crippen molar-refractivity contribution in [3.63, 3.8) is 0 Å². The molecule has 0 aliphatic heterocycles. The molecule has 0 radical (unpaired) electrons. The van der Waals surface area contributed by atoms with Crippen LogP contribution in [-0.4, -0.2) is 23.2 Å². The number of nitrogens with one attached hydrogen (secondary N) is 1. The number of aliphatic hydroxyl groups is 1. The van der Waals surface area contributed by atoms with Crippen LogP contribution in [0, 0.1) is 10.1 Å². The smallest absolute Gasteiger partial charge is 0.269 e. The Morgan fingerprint density at radius 3 is 2.57 bits per heavy atom. The first-order chi connectivity index (χ1) is 11.1. The van der Waals surface area contributed by atoms with E-state index in [1.165, 1.54) is 12.1 Å². The molecule has 0 aliphatic rings. The molecule has 0 aromatic heterocycles. The molecule has 122 valence electrons. The average Bonchev–Trinajstić information content (AvgIpc) is 2.58. The van der Waals surface area contributed by atoms with Crippen molar-refractivity contribution in [1.29, 1.82) is 0 Å². The third-order valence-electron chi connectivity index (χ3n) is 3.52. The van der Waals surface area contributed by atoms with Gasteiger partial charge >= 0.3 is 0 Å². The van der Waals surface area contributed by atoms with Crippen LogP contribution in [0.4, 0.5) is 5.69 Å². The van der Waals surface area contributed by atoms with Crippen LogP contribution in [0.25, 0.3) is 0 Å². The Morgan fingerprint density at radius 1 is 1.22 bits per heavy atom. The second-order valence-corrected chi connectivity index (χ2v) is 5.13. The highest BCUT2D eigenvalue weighted by molar-refractivity contribution is 5.35. The van der Waals surface area contributed by atoms with Crippen molar-refractivity contribution in [2.75, 3.05) is 13.2 Å². The van der Waals surface area contributed by atoms with E-state index >= 15 is 0 Å². The molecular formula is C17H20N2O4. The molecule has 2 N–H and O–H groups in total. The third kappa shape index (κ3) is 4.77. The van der Waals surface area contributed by atoms with E-state index < -0.39 is 4.92 Å². The summed E-state index contributed by atoms with van der Waals surface area (Å²) in [6.45, 7) is 2.83. The number of hydrogen-bond donors (Lipinski definition) is 2. The van der Waals surface area contributed by atoms with Crippen LogP contribution in [0.2, 0.25) is 0 Å². The molecule has 0 heterocycles. The molecule has 0 amide bonds. The number of benzene rings is 2. The van der Waals surface area contributed by atoms with E-state index in [0.717, 1.165) is 16.9 Å². The zero-order valence-electron chi connectivity index (χ0n) is 12.9. The summed E-state index contributed by atoms with van der Waals surface area (Å²) in [5.74, 6) is 0.741. The number of nitrogens with zero attached hydrogens (tertiary/aromatic N) is 1. The van der Waals surface area contributed by atoms with Crippen LogP contribution in [0.5, 0.6) is 5.75 Å². The largest absolute Gasteiger partial charge is 0.491 e. The minimum Gasteiger partial charge on any atom is -0.491 e. The predicted molar refractivity (Wildman–Crippen MR) is 87.4 cm³/mol. The van der Waals surface area contributed by atoms with Crippen molar-refractivity contribution in [3.8, 4) is 5.75 Å². The van der Waals surface area contributed by atoms with Crippen molar-refractivity contribution >= 4 is 5.69 Å². The van der Waals surface area contributed by atoms with Gasteiger partial charge in [-0.1, -0.05) is 30.3 Å². The molecule has 23 heavy (non-hydrogen) atoms. The maximum absolute atomic E-state index is 10.7. The summed E-state index contributed by atoms with van der Waals surface area (Å²) in [6.07, 6.45) is 0. The molecule has 2 aromatic rings. The lowest BCUT2D eigenvalue weighted by Crippen LogP contribution is -2.18. The van der Waals surface area contributed by atoms with E-state index in [0.29, 0.717) is 6.54 Å². The Kier molecular flexibility index (Phi) is 6.08. The molecule has 0 spiro atoms. The molecule has 6 nitrogen and oxygen atoms in total. The Balaban J connectivity index is 1.98. The summed E-state index contributed by atoms with van der Waals surface area (Å²) in [5.41, 5.74) is 2.06. The minimum atomic E-state index is -0.406. The zero-order valence-corrected chi connectivity index (χ0v) is 12.9. The van der Waals surface area contributed by atoms with Gasteiger partial charge in [-0.15, -0.1) is 0 Å². The lowest BCUT2D eigenvalue weighted by Gasteiger charge is -2.16. The number of non-ortho nitro benzene ring substituents is 1. The highest BCUT2D eigenvalue weighted by Gasteiger charge is 2.10. The highest BCUT2D eigenvalue weighted by Crippen LogP contribution is 2.21. The standard InChI is InChI=1S/C17H20N2O4/c1-13(14-6-8-16(9-7-14)19(21)22)18-12-15-4-2-3-5-17(15)23-11-10-20/h2-9,13,18,20H,10-12H2,1H3. The molecule has 0 aliphatic carbocycles. The van der Waals surface area contributed by atoms with Gasteiger partial charge in [-0.3, -0.25) is 10.1 Å². The summed E-state index contributed by atoms with van der Waals surface area (Å²) in [4.78, 5) is 10.3. The molecule has 0 bridgehead atoms. The summed E-state index contributed by atoms with van der Waals surface area (Å²) >= 11 is 0. The molecule has 1 unspecified atom stereocenters. The molecular weight excluding hydrogens is 296 g/mol. The number of aliphatic hydroxyl groups excluding tert-OH is 1. The second kappa shape index (κ2) is 8.26. The Hall–Kier alpha value is -2.44. The topological polar surface area (TPSA) is 84.6 Å². The molecule has 2 aromatic carbocycles. The third-order valence-corrected chi connectivity index (χ3v) is 3.52. The molecule has 6 heteroatoms. The summed E-state index contributed by atoms with van der Waals surface area (Å²) < 4.78 is 5.50. The van der Waals surface area contributed by atoms with Crippen LogP contribution in [0.15, 0.2) is 48.5 Å². The normalized spacial score (nSPS) is 11.9. The lowest BCUT2D eigenvalue weighted by molar-refractivity contribution is -0.384. The van der Waals surface area contributed by atoms with Gasteiger partial charge < -0.3 is 15.2 Å².